The Kier molecular flexibility index (Phi) is 6.55. The molecular weight excluding hydrogens is 470 g/mol. The summed E-state index contributed by atoms with van der Waals surface area (Å²) in [5.74, 6) is -2.30. The van der Waals surface area contributed by atoms with Crippen LogP contribution in [0.1, 0.15) is 57.6 Å². The van der Waals surface area contributed by atoms with Gasteiger partial charge in [0.25, 0.3) is 0 Å². The van der Waals surface area contributed by atoms with Crippen LogP contribution in [0.3, 0.4) is 0 Å². The molecule has 0 saturated carbocycles. The van der Waals surface area contributed by atoms with Crippen molar-refractivity contribution in [2.45, 2.75) is 82.1 Å². The maximum atomic E-state index is 12.8. The van der Waals surface area contributed by atoms with Gasteiger partial charge in [-0.1, -0.05) is 13.5 Å². The van der Waals surface area contributed by atoms with Crippen LogP contribution in [-0.2, 0) is 35.7 Å². The van der Waals surface area contributed by atoms with Crippen LogP contribution in [0.5, 0.6) is 11.5 Å². The minimum absolute atomic E-state index is 0. The SMILES string of the molecule is C.C[C@H](OC(=O)CCC(=O)O)C(=O)OC1=CC[C@@]2(O)[C@H]3Cc4ccc(O)c5c4[C@@]2(CCCN3C)[C@H]1O5. The number of aliphatic carboxylic acids is 1. The van der Waals surface area contributed by atoms with Crippen molar-refractivity contribution in [2.75, 3.05) is 13.6 Å². The molecule has 2 aliphatic heterocycles. The maximum Gasteiger partial charge on any atom is 0.352 e. The number of carboxylic acids is 1. The number of carboxylic acid groups (broad SMARTS) is 1. The number of phenols is 1. The van der Waals surface area contributed by atoms with E-state index in [1.165, 1.54) is 6.92 Å². The van der Waals surface area contributed by atoms with Gasteiger partial charge in [-0.25, -0.2) is 4.79 Å². The highest BCUT2D eigenvalue weighted by atomic mass is 16.6. The topological polar surface area (TPSA) is 143 Å². The Bertz CT molecular complexity index is 1130. The number of hydrogen-bond acceptors (Lipinski definition) is 9. The molecule has 5 rings (SSSR count). The number of nitrogens with zero attached hydrogens (tertiary/aromatic N) is 1. The summed E-state index contributed by atoms with van der Waals surface area (Å²) >= 11 is 0. The van der Waals surface area contributed by atoms with Gasteiger partial charge in [0.05, 0.1) is 23.9 Å². The van der Waals surface area contributed by atoms with Crippen LogP contribution in [0.25, 0.3) is 0 Å². The zero-order valence-corrected chi connectivity index (χ0v) is 19.7. The van der Waals surface area contributed by atoms with E-state index in [4.69, 9.17) is 19.3 Å². The third-order valence-electron chi connectivity index (χ3n) is 7.98. The van der Waals surface area contributed by atoms with Gasteiger partial charge in [-0.15, -0.1) is 0 Å². The molecule has 0 unspecified atom stereocenters. The summed E-state index contributed by atoms with van der Waals surface area (Å²) in [4.78, 5) is 37.5. The number of esters is 2. The average Bonchev–Trinajstić information content (AvgIpc) is 3.14. The van der Waals surface area contributed by atoms with Crippen molar-refractivity contribution in [3.05, 3.63) is 35.1 Å². The highest BCUT2D eigenvalue weighted by Gasteiger charge is 2.71. The quantitative estimate of drug-likeness (QED) is 0.494. The van der Waals surface area contributed by atoms with E-state index in [0.29, 0.717) is 18.6 Å². The zero-order chi connectivity index (χ0) is 25.1. The molecule has 196 valence electrons. The first-order chi connectivity index (χ1) is 16.6. The van der Waals surface area contributed by atoms with Gasteiger partial charge >= 0.3 is 17.9 Å². The third-order valence-corrected chi connectivity index (χ3v) is 7.98. The second-order valence-electron chi connectivity index (χ2n) is 9.90. The predicted molar refractivity (Wildman–Crippen MR) is 126 cm³/mol. The summed E-state index contributed by atoms with van der Waals surface area (Å²) in [5, 5.41) is 31.6. The molecule has 0 aromatic heterocycles. The van der Waals surface area contributed by atoms with Crippen molar-refractivity contribution in [1.82, 2.24) is 4.90 Å². The molecule has 1 fully saturated rings. The molecular formula is C26H33NO9. The van der Waals surface area contributed by atoms with E-state index in [1.54, 1.807) is 12.1 Å². The second-order valence-corrected chi connectivity index (χ2v) is 9.90. The summed E-state index contributed by atoms with van der Waals surface area (Å²) in [6.07, 6.45) is 0.992. The van der Waals surface area contributed by atoms with Crippen LogP contribution in [0.2, 0.25) is 0 Å². The first kappa shape index (κ1) is 26.0. The highest BCUT2D eigenvalue weighted by Crippen LogP contribution is 2.64. The van der Waals surface area contributed by atoms with Crippen molar-refractivity contribution < 1.29 is 43.9 Å². The van der Waals surface area contributed by atoms with E-state index in [2.05, 4.69) is 4.90 Å². The fourth-order valence-corrected chi connectivity index (χ4v) is 6.40. The number of carbonyl (C=O) groups excluding carboxylic acids is 2. The molecule has 2 bridgehead atoms. The number of rotatable bonds is 6. The molecule has 1 aromatic rings. The first-order valence-corrected chi connectivity index (χ1v) is 11.9. The van der Waals surface area contributed by atoms with E-state index in [-0.39, 0.29) is 37.8 Å². The molecule has 10 nitrogen and oxygen atoms in total. The highest BCUT2D eigenvalue weighted by molar-refractivity contribution is 5.81. The second kappa shape index (κ2) is 9.08. The van der Waals surface area contributed by atoms with Crippen molar-refractivity contribution in [2.24, 2.45) is 0 Å². The van der Waals surface area contributed by atoms with Crippen molar-refractivity contribution >= 4 is 17.9 Å². The number of aliphatic hydroxyl groups is 1. The van der Waals surface area contributed by atoms with E-state index < -0.39 is 47.6 Å². The monoisotopic (exact) mass is 503 g/mol. The molecule has 1 aromatic carbocycles. The van der Waals surface area contributed by atoms with Crippen LogP contribution < -0.4 is 4.74 Å². The Morgan fingerprint density at radius 3 is 2.75 bits per heavy atom. The van der Waals surface area contributed by atoms with Gasteiger partial charge in [0.2, 0.25) is 0 Å². The summed E-state index contributed by atoms with van der Waals surface area (Å²) in [7, 11) is 2.00. The lowest BCUT2D eigenvalue weighted by Crippen LogP contribution is -2.69. The van der Waals surface area contributed by atoms with Crippen LogP contribution in [0, 0.1) is 0 Å². The van der Waals surface area contributed by atoms with Gasteiger partial charge < -0.3 is 34.4 Å². The Labute approximate surface area is 209 Å². The summed E-state index contributed by atoms with van der Waals surface area (Å²) in [6.45, 7) is 2.14. The molecule has 1 saturated heterocycles. The standard InChI is InChI=1S/C25H29NO9.CH4/c1-13(33-19(30)7-6-18(28)29)23(31)34-16-8-10-25(32)17-12-14-4-5-15(27)21-20(14)24(25,22(16)35-21)9-3-11-26(17)2;/h4-5,8,13,17,22,27,32H,3,6-7,9-12H2,1-2H3,(H,28,29);1H4/t13-,17+,22-,24-,25+;/m0./s1. The number of benzene rings is 1. The molecule has 3 N–H and O–H groups in total. The fourth-order valence-electron chi connectivity index (χ4n) is 6.40. The van der Waals surface area contributed by atoms with Crippen molar-refractivity contribution in [3.8, 4) is 11.5 Å². The summed E-state index contributed by atoms with van der Waals surface area (Å²) in [5.41, 5.74) is -0.321. The summed E-state index contributed by atoms with van der Waals surface area (Å²) < 4.78 is 17.0. The normalized spacial score (nSPS) is 30.5. The molecule has 0 amide bonds. The minimum atomic E-state index is -1.26. The third kappa shape index (κ3) is 3.66. The molecule has 5 atom stereocenters. The largest absolute Gasteiger partial charge is 0.504 e. The number of likely N-dealkylation sites (tertiary alicyclic amines) is 1. The van der Waals surface area contributed by atoms with Crippen LogP contribution in [-0.4, -0.2) is 75.6 Å². The molecule has 36 heavy (non-hydrogen) atoms. The van der Waals surface area contributed by atoms with Gasteiger partial charge in [0, 0.05) is 18.0 Å². The van der Waals surface area contributed by atoms with Crippen molar-refractivity contribution in [1.29, 1.82) is 0 Å². The van der Waals surface area contributed by atoms with Crippen LogP contribution >= 0.6 is 0 Å². The number of phenolic OH excluding ortho intramolecular Hbond substituents is 1. The maximum absolute atomic E-state index is 12.8. The van der Waals surface area contributed by atoms with Gasteiger partial charge in [-0.3, -0.25) is 9.59 Å². The molecule has 2 aliphatic carbocycles. The number of ether oxygens (including phenoxy) is 3. The van der Waals surface area contributed by atoms with Crippen LogP contribution in [0.15, 0.2) is 24.0 Å². The molecule has 2 heterocycles. The number of carbonyl (C=O) groups is 3. The minimum Gasteiger partial charge on any atom is -0.504 e. The smallest absolute Gasteiger partial charge is 0.352 e. The van der Waals surface area contributed by atoms with Gasteiger partial charge in [-0.2, -0.15) is 0 Å². The Hall–Kier alpha value is -3.11. The predicted octanol–water partition coefficient (Wildman–Crippen LogP) is 2.04. The number of likely N-dealkylation sites (N-methyl/N-ethyl adjacent to an activating group) is 1. The number of aromatic hydroxyl groups is 1. The molecule has 0 radical (unpaired) electrons. The lowest BCUT2D eigenvalue weighted by molar-refractivity contribution is -0.168. The van der Waals surface area contributed by atoms with Gasteiger partial charge in [0.1, 0.15) is 5.76 Å². The zero-order valence-electron chi connectivity index (χ0n) is 19.7. The molecule has 1 spiro atoms. The Balaban J connectivity index is 0.00000304. The van der Waals surface area contributed by atoms with Crippen LogP contribution in [0.4, 0.5) is 0 Å². The summed E-state index contributed by atoms with van der Waals surface area (Å²) in [6, 6.07) is 3.28. The number of hydrogen-bond donors (Lipinski definition) is 3. The van der Waals surface area contributed by atoms with Gasteiger partial charge in [-0.05, 0) is 57.5 Å². The lowest BCUT2D eigenvalue weighted by Gasteiger charge is -2.56. The van der Waals surface area contributed by atoms with Crippen molar-refractivity contribution in [3.63, 3.8) is 0 Å². The fraction of sp³-hybridized carbons (Fsp3) is 0.577. The van der Waals surface area contributed by atoms with E-state index in [1.807, 2.05) is 13.1 Å². The van der Waals surface area contributed by atoms with E-state index >= 15 is 0 Å². The Morgan fingerprint density at radius 1 is 1.28 bits per heavy atom. The van der Waals surface area contributed by atoms with E-state index in [9.17, 15) is 24.6 Å². The molecule has 4 aliphatic rings. The van der Waals surface area contributed by atoms with Gasteiger partial charge in [0.15, 0.2) is 23.7 Å². The first-order valence-electron chi connectivity index (χ1n) is 11.9. The average molecular weight is 504 g/mol. The lowest BCUT2D eigenvalue weighted by atomic mass is 9.52. The molecule has 10 heteroatoms. The van der Waals surface area contributed by atoms with E-state index in [0.717, 1.165) is 24.1 Å². The Morgan fingerprint density at radius 2 is 2.03 bits per heavy atom.